The zero-order chi connectivity index (χ0) is 29.3. The van der Waals surface area contributed by atoms with Crippen LogP contribution < -0.4 is 20.7 Å². The minimum Gasteiger partial charge on any atom is -0.497 e. The van der Waals surface area contributed by atoms with Crippen molar-refractivity contribution in [1.29, 1.82) is 0 Å². The van der Waals surface area contributed by atoms with E-state index in [2.05, 4.69) is 55.5 Å². The number of carbonyl (C=O) groups is 1. The Morgan fingerprint density at radius 1 is 1.10 bits per heavy atom. The van der Waals surface area contributed by atoms with Crippen molar-refractivity contribution < 1.29 is 13.9 Å². The molecule has 222 valence electrons. The number of guanidine groups is 1. The molecule has 0 aromatic heterocycles. The van der Waals surface area contributed by atoms with Gasteiger partial charge in [-0.1, -0.05) is 26.8 Å². The van der Waals surface area contributed by atoms with Crippen LogP contribution in [-0.4, -0.2) is 61.6 Å². The lowest BCUT2D eigenvalue weighted by atomic mass is 9.45. The Bertz CT molecular complexity index is 1250. The molecule has 6 atom stereocenters. The van der Waals surface area contributed by atoms with Crippen LogP contribution in [0.25, 0.3) is 0 Å². The average Bonchev–Trinajstić information content (AvgIpc) is 2.93. The number of hydrogen-bond acceptors (Lipinski definition) is 4. The summed E-state index contributed by atoms with van der Waals surface area (Å²) in [5.74, 6) is 2.94. The number of hydrogen-bond donors (Lipinski definition) is 3. The van der Waals surface area contributed by atoms with Gasteiger partial charge in [-0.25, -0.2) is 9.38 Å². The number of ether oxygens (including phenoxy) is 1. The highest BCUT2D eigenvalue weighted by Crippen LogP contribution is 2.61. The van der Waals surface area contributed by atoms with Gasteiger partial charge in [0.1, 0.15) is 11.6 Å². The number of halogens is 1. The molecule has 7 nitrogen and oxygen atoms in total. The van der Waals surface area contributed by atoms with E-state index in [1.165, 1.54) is 19.6 Å². The van der Waals surface area contributed by atoms with Gasteiger partial charge < -0.3 is 25.6 Å². The second-order valence-corrected chi connectivity index (χ2v) is 13.0. The van der Waals surface area contributed by atoms with E-state index in [1.54, 1.807) is 12.1 Å². The third-order valence-electron chi connectivity index (χ3n) is 9.80. The van der Waals surface area contributed by atoms with Gasteiger partial charge in [-0.3, -0.25) is 4.79 Å². The van der Waals surface area contributed by atoms with Crippen LogP contribution in [0.15, 0.2) is 47.5 Å². The molecule has 1 saturated heterocycles. The fourth-order valence-electron chi connectivity index (χ4n) is 7.25. The van der Waals surface area contributed by atoms with Gasteiger partial charge in [-0.2, -0.15) is 0 Å². The normalized spacial score (nSPS) is 29.0. The number of carbonyl (C=O) groups excluding carboxylic acids is 1. The van der Waals surface area contributed by atoms with Gasteiger partial charge in [0.15, 0.2) is 5.96 Å². The van der Waals surface area contributed by atoms with Crippen LogP contribution in [0.2, 0.25) is 0 Å². The van der Waals surface area contributed by atoms with Crippen LogP contribution in [0.5, 0.6) is 5.75 Å². The van der Waals surface area contributed by atoms with Crippen LogP contribution in [0.4, 0.5) is 10.1 Å². The quantitative estimate of drug-likeness (QED) is 0.314. The lowest BCUT2D eigenvalue weighted by molar-refractivity contribution is -0.108. The van der Waals surface area contributed by atoms with Crippen molar-refractivity contribution in [2.45, 2.75) is 72.0 Å². The number of piperazine rings is 1. The minimum absolute atomic E-state index is 0.179. The van der Waals surface area contributed by atoms with Crippen molar-refractivity contribution in [1.82, 2.24) is 15.5 Å². The second-order valence-electron chi connectivity index (χ2n) is 13.0. The number of methoxy groups -OCH3 is 1. The molecule has 6 rings (SSSR count). The van der Waals surface area contributed by atoms with Gasteiger partial charge in [0.25, 0.3) is 5.91 Å². The third kappa shape index (κ3) is 6.37. The zero-order valence-electron chi connectivity index (χ0n) is 25.3. The van der Waals surface area contributed by atoms with Crippen LogP contribution in [0.1, 0.15) is 63.4 Å². The Kier molecular flexibility index (Phi) is 8.60. The van der Waals surface area contributed by atoms with Crippen molar-refractivity contribution >= 4 is 17.6 Å². The SMILES string of the molecule is COc1ccc(CCNC(=O)c2ccc(NC(=N[C@H]3C[C@@H]4C[C@H]([C@@H]3C)C4(C)C)N3C[C@@H](C)N[C@@H](C)C3)cc2)c(F)c1. The second kappa shape index (κ2) is 12.0. The first-order valence-electron chi connectivity index (χ1n) is 15.1. The maximum atomic E-state index is 14.2. The highest BCUT2D eigenvalue weighted by Gasteiger charge is 2.56. The van der Waals surface area contributed by atoms with Gasteiger partial charge in [0, 0.05) is 49.0 Å². The number of amides is 1. The molecule has 0 unspecified atom stereocenters. The molecule has 3 N–H and O–H groups in total. The summed E-state index contributed by atoms with van der Waals surface area (Å²) >= 11 is 0. The van der Waals surface area contributed by atoms with Crippen molar-refractivity contribution in [2.24, 2.45) is 28.2 Å². The fraction of sp³-hybridized carbons (Fsp3) is 0.576. The Morgan fingerprint density at radius 2 is 1.80 bits per heavy atom. The molecule has 1 aliphatic heterocycles. The summed E-state index contributed by atoms with van der Waals surface area (Å²) in [6, 6.07) is 13.4. The lowest BCUT2D eigenvalue weighted by Gasteiger charge is -2.61. The fourth-order valence-corrected chi connectivity index (χ4v) is 7.25. The van der Waals surface area contributed by atoms with Gasteiger partial charge in [0.2, 0.25) is 0 Å². The largest absolute Gasteiger partial charge is 0.497 e. The number of aliphatic imine (C=N–C) groups is 1. The molecule has 8 heteroatoms. The van der Waals surface area contributed by atoms with E-state index in [9.17, 15) is 9.18 Å². The predicted molar refractivity (Wildman–Crippen MR) is 163 cm³/mol. The highest BCUT2D eigenvalue weighted by molar-refractivity contribution is 5.96. The van der Waals surface area contributed by atoms with Crippen molar-refractivity contribution in [2.75, 3.05) is 32.1 Å². The average molecular weight is 564 g/mol. The van der Waals surface area contributed by atoms with Crippen LogP contribution in [-0.2, 0) is 6.42 Å². The number of benzene rings is 2. The maximum absolute atomic E-state index is 14.2. The summed E-state index contributed by atoms with van der Waals surface area (Å²) in [5.41, 5.74) is 2.45. The number of anilines is 1. The minimum atomic E-state index is -0.330. The van der Waals surface area contributed by atoms with Gasteiger partial charge in [-0.05, 0) is 92.2 Å². The molecule has 2 aromatic rings. The number of nitrogens with one attached hydrogen (secondary N) is 3. The van der Waals surface area contributed by atoms with Crippen LogP contribution >= 0.6 is 0 Å². The third-order valence-corrected chi connectivity index (χ3v) is 9.80. The van der Waals surface area contributed by atoms with E-state index < -0.39 is 0 Å². The topological polar surface area (TPSA) is 78.0 Å². The smallest absolute Gasteiger partial charge is 0.251 e. The van der Waals surface area contributed by atoms with Crippen molar-refractivity contribution in [3.63, 3.8) is 0 Å². The van der Waals surface area contributed by atoms with Crippen LogP contribution in [0.3, 0.4) is 0 Å². The summed E-state index contributed by atoms with van der Waals surface area (Å²) in [7, 11) is 1.51. The molecule has 1 amide bonds. The van der Waals surface area contributed by atoms with Gasteiger partial charge in [0.05, 0.1) is 13.2 Å². The van der Waals surface area contributed by atoms with E-state index in [4.69, 9.17) is 9.73 Å². The molecular weight excluding hydrogens is 517 g/mol. The first-order chi connectivity index (χ1) is 19.5. The van der Waals surface area contributed by atoms with E-state index in [0.29, 0.717) is 59.3 Å². The van der Waals surface area contributed by atoms with E-state index in [1.807, 2.05) is 24.3 Å². The summed E-state index contributed by atoms with van der Waals surface area (Å²) in [6.07, 6.45) is 2.89. The van der Waals surface area contributed by atoms with E-state index in [-0.39, 0.29) is 11.7 Å². The Labute approximate surface area is 244 Å². The monoisotopic (exact) mass is 563 g/mol. The molecule has 4 aliphatic rings. The summed E-state index contributed by atoms with van der Waals surface area (Å²) in [5, 5.41) is 10.1. The highest BCUT2D eigenvalue weighted by atomic mass is 19.1. The molecule has 4 fully saturated rings. The molecule has 1 heterocycles. The van der Waals surface area contributed by atoms with Crippen LogP contribution in [0, 0.1) is 29.0 Å². The van der Waals surface area contributed by atoms with E-state index >= 15 is 0 Å². The number of fused-ring (bicyclic) bond motifs is 2. The standard InChI is InChI=1S/C33H46FN5O2/c1-20-18-39(19-21(2)36-20)32(38-30-16-25-15-28(22(30)3)33(25,4)5)37-26-10-7-24(8-11-26)31(40)35-14-13-23-9-12-27(41-6)17-29(23)34/h7-12,17,20-22,25,28,30,36H,13-16,18-19H2,1-6H3,(H,35,40)(H,37,38)/t20-,21+,22-,25-,28+,30-/m0/s1. The molecule has 0 spiro atoms. The first kappa shape index (κ1) is 29.4. The molecule has 0 radical (unpaired) electrons. The van der Waals surface area contributed by atoms with E-state index in [0.717, 1.165) is 43.0 Å². The molecule has 2 bridgehead atoms. The summed E-state index contributed by atoms with van der Waals surface area (Å²) < 4.78 is 19.3. The van der Waals surface area contributed by atoms with Gasteiger partial charge >= 0.3 is 0 Å². The first-order valence-corrected chi connectivity index (χ1v) is 15.1. The number of rotatable bonds is 7. The Morgan fingerprint density at radius 3 is 2.41 bits per heavy atom. The maximum Gasteiger partial charge on any atom is 0.251 e. The Balaban J connectivity index is 1.24. The molecular formula is C33H46FN5O2. The zero-order valence-corrected chi connectivity index (χ0v) is 25.3. The summed E-state index contributed by atoms with van der Waals surface area (Å²) in [4.78, 5) is 20.5. The molecule has 2 aromatic carbocycles. The molecule has 3 saturated carbocycles. The van der Waals surface area contributed by atoms with Crippen molar-refractivity contribution in [3.8, 4) is 5.75 Å². The molecule has 41 heavy (non-hydrogen) atoms. The van der Waals surface area contributed by atoms with Crippen molar-refractivity contribution in [3.05, 3.63) is 59.4 Å². The van der Waals surface area contributed by atoms with Gasteiger partial charge in [-0.15, -0.1) is 0 Å². The lowest BCUT2D eigenvalue weighted by Crippen LogP contribution is -2.59. The Hall–Kier alpha value is -3.13. The molecule has 3 aliphatic carbocycles. The predicted octanol–water partition coefficient (Wildman–Crippen LogP) is 5.33. The number of nitrogens with zero attached hydrogens (tertiary/aromatic N) is 2. The summed E-state index contributed by atoms with van der Waals surface area (Å²) in [6.45, 7) is 13.8.